The Hall–Kier alpha value is -3.18. The molecule has 1 amide bonds. The van der Waals surface area contributed by atoms with E-state index in [0.29, 0.717) is 5.57 Å². The molecule has 0 saturated carbocycles. The van der Waals surface area contributed by atoms with Crippen molar-refractivity contribution in [3.05, 3.63) is 71.9 Å². The van der Waals surface area contributed by atoms with E-state index in [9.17, 15) is 4.79 Å². The SMILES string of the molecule is CC1=NN(c2ccccc2)C(=O)/C1=C/c1cn(CN2CCCC2)c2ccccc12. The molecule has 0 atom stereocenters. The third kappa shape index (κ3) is 3.28. The number of carbonyl (C=O) groups excluding carboxylic acids is 1. The second-order valence-corrected chi connectivity index (χ2v) is 7.73. The molecule has 146 valence electrons. The van der Waals surface area contributed by atoms with Crippen LogP contribution in [0.25, 0.3) is 17.0 Å². The molecule has 29 heavy (non-hydrogen) atoms. The van der Waals surface area contributed by atoms with Gasteiger partial charge in [-0.1, -0.05) is 36.4 Å². The van der Waals surface area contributed by atoms with Gasteiger partial charge in [0.1, 0.15) is 0 Å². The Balaban J connectivity index is 1.52. The second kappa shape index (κ2) is 7.33. The summed E-state index contributed by atoms with van der Waals surface area (Å²) in [7, 11) is 0. The molecule has 2 aromatic carbocycles. The number of para-hydroxylation sites is 2. The van der Waals surface area contributed by atoms with E-state index in [0.717, 1.165) is 42.1 Å². The van der Waals surface area contributed by atoms with Crippen LogP contribution in [0, 0.1) is 0 Å². The van der Waals surface area contributed by atoms with Gasteiger partial charge in [-0.25, -0.2) is 0 Å². The topological polar surface area (TPSA) is 40.8 Å². The Morgan fingerprint density at radius 3 is 2.52 bits per heavy atom. The van der Waals surface area contributed by atoms with Crippen molar-refractivity contribution in [2.24, 2.45) is 5.10 Å². The fourth-order valence-electron chi connectivity index (χ4n) is 4.23. The first kappa shape index (κ1) is 17.9. The van der Waals surface area contributed by atoms with Crippen LogP contribution in [-0.4, -0.2) is 34.2 Å². The molecule has 5 rings (SSSR count). The summed E-state index contributed by atoms with van der Waals surface area (Å²) in [6.07, 6.45) is 6.71. The number of aromatic nitrogens is 1. The minimum absolute atomic E-state index is 0.0786. The van der Waals surface area contributed by atoms with Crippen LogP contribution in [0.3, 0.4) is 0 Å². The van der Waals surface area contributed by atoms with Crippen LogP contribution in [0.4, 0.5) is 5.69 Å². The van der Waals surface area contributed by atoms with Gasteiger partial charge in [-0.3, -0.25) is 9.69 Å². The van der Waals surface area contributed by atoms with E-state index in [4.69, 9.17) is 0 Å². The fourth-order valence-corrected chi connectivity index (χ4v) is 4.23. The number of nitrogens with zero attached hydrogens (tertiary/aromatic N) is 4. The van der Waals surface area contributed by atoms with Gasteiger partial charge in [0.2, 0.25) is 0 Å². The average Bonchev–Trinajstić information content (AvgIpc) is 3.45. The molecular weight excluding hydrogens is 360 g/mol. The first-order chi connectivity index (χ1) is 14.2. The summed E-state index contributed by atoms with van der Waals surface area (Å²) < 4.78 is 2.30. The number of benzene rings is 2. The number of rotatable bonds is 4. The van der Waals surface area contributed by atoms with Crippen molar-refractivity contribution < 1.29 is 4.79 Å². The molecule has 5 heteroatoms. The lowest BCUT2D eigenvalue weighted by Crippen LogP contribution is -2.22. The highest BCUT2D eigenvalue weighted by Gasteiger charge is 2.29. The standard InChI is InChI=1S/C24H24N4O/c1-18-22(24(29)28(25-18)20-9-3-2-4-10-20)15-19-16-27(17-26-13-7-8-14-26)23-12-6-5-11-21(19)23/h2-6,9-12,15-16H,7-8,13-14,17H2,1H3/b22-15+. The number of carbonyl (C=O) groups is 1. The maximum Gasteiger partial charge on any atom is 0.280 e. The molecule has 0 unspecified atom stereocenters. The molecule has 0 spiro atoms. The summed E-state index contributed by atoms with van der Waals surface area (Å²) in [5.74, 6) is -0.0786. The van der Waals surface area contributed by atoms with Gasteiger partial charge in [0.05, 0.1) is 23.6 Å². The van der Waals surface area contributed by atoms with Crippen molar-refractivity contribution >= 4 is 34.3 Å². The van der Waals surface area contributed by atoms with Gasteiger partial charge in [-0.05, 0) is 57.1 Å². The first-order valence-corrected chi connectivity index (χ1v) is 10.2. The van der Waals surface area contributed by atoms with Crippen molar-refractivity contribution in [3.63, 3.8) is 0 Å². The Morgan fingerprint density at radius 1 is 1.00 bits per heavy atom. The molecule has 2 aliphatic rings. The minimum atomic E-state index is -0.0786. The van der Waals surface area contributed by atoms with E-state index in [1.54, 1.807) is 0 Å². The van der Waals surface area contributed by atoms with Gasteiger partial charge in [-0.15, -0.1) is 0 Å². The van der Waals surface area contributed by atoms with E-state index in [-0.39, 0.29) is 5.91 Å². The van der Waals surface area contributed by atoms with E-state index < -0.39 is 0 Å². The van der Waals surface area contributed by atoms with Crippen LogP contribution in [0.1, 0.15) is 25.3 Å². The Bertz CT molecular complexity index is 1120. The van der Waals surface area contributed by atoms with Crippen molar-refractivity contribution in [1.82, 2.24) is 9.47 Å². The summed E-state index contributed by atoms with van der Waals surface area (Å²) in [5.41, 5.74) is 4.45. The first-order valence-electron chi connectivity index (χ1n) is 10.2. The monoisotopic (exact) mass is 384 g/mol. The van der Waals surface area contributed by atoms with Crippen LogP contribution in [-0.2, 0) is 11.5 Å². The lowest BCUT2D eigenvalue weighted by Gasteiger charge is -2.16. The minimum Gasteiger partial charge on any atom is -0.333 e. The smallest absolute Gasteiger partial charge is 0.280 e. The summed E-state index contributed by atoms with van der Waals surface area (Å²) in [4.78, 5) is 15.6. The van der Waals surface area contributed by atoms with E-state index >= 15 is 0 Å². The maximum atomic E-state index is 13.1. The zero-order chi connectivity index (χ0) is 19.8. The number of hydrogen-bond acceptors (Lipinski definition) is 3. The van der Waals surface area contributed by atoms with Gasteiger partial charge in [-0.2, -0.15) is 10.1 Å². The predicted octanol–water partition coefficient (Wildman–Crippen LogP) is 4.50. The van der Waals surface area contributed by atoms with Gasteiger partial charge in [0, 0.05) is 22.7 Å². The largest absolute Gasteiger partial charge is 0.333 e. The number of amides is 1. The van der Waals surface area contributed by atoms with Crippen molar-refractivity contribution in [3.8, 4) is 0 Å². The molecule has 5 nitrogen and oxygen atoms in total. The lowest BCUT2D eigenvalue weighted by atomic mass is 10.1. The second-order valence-electron chi connectivity index (χ2n) is 7.73. The molecule has 1 aromatic heterocycles. The molecule has 2 aliphatic heterocycles. The van der Waals surface area contributed by atoms with Gasteiger partial charge >= 0.3 is 0 Å². The zero-order valence-electron chi connectivity index (χ0n) is 16.6. The van der Waals surface area contributed by atoms with Gasteiger partial charge in [0.15, 0.2) is 0 Å². The van der Waals surface area contributed by atoms with Crippen LogP contribution in [0.5, 0.6) is 0 Å². The lowest BCUT2D eigenvalue weighted by molar-refractivity contribution is -0.114. The van der Waals surface area contributed by atoms with Crippen molar-refractivity contribution in [2.45, 2.75) is 26.4 Å². The summed E-state index contributed by atoms with van der Waals surface area (Å²) in [6, 6.07) is 18.0. The molecule has 3 aromatic rings. The number of likely N-dealkylation sites (tertiary alicyclic amines) is 1. The highest BCUT2D eigenvalue weighted by atomic mass is 16.2. The average molecular weight is 384 g/mol. The molecule has 0 radical (unpaired) electrons. The third-order valence-corrected chi connectivity index (χ3v) is 5.73. The third-order valence-electron chi connectivity index (χ3n) is 5.73. The van der Waals surface area contributed by atoms with Crippen LogP contribution in [0.15, 0.2) is 71.5 Å². The van der Waals surface area contributed by atoms with E-state index in [2.05, 4.69) is 45.0 Å². The summed E-state index contributed by atoms with van der Waals surface area (Å²) in [5, 5.41) is 7.16. The predicted molar refractivity (Wildman–Crippen MR) is 118 cm³/mol. The Morgan fingerprint density at radius 2 is 1.72 bits per heavy atom. The normalized spacial score (nSPS) is 18.9. The number of hydrazone groups is 1. The van der Waals surface area contributed by atoms with Crippen molar-refractivity contribution in [1.29, 1.82) is 0 Å². The Kier molecular flexibility index (Phi) is 4.52. The number of anilines is 1. The quantitative estimate of drug-likeness (QED) is 0.622. The molecule has 0 bridgehead atoms. The highest BCUT2D eigenvalue weighted by molar-refractivity contribution is 6.32. The number of hydrogen-bond donors (Lipinski definition) is 0. The van der Waals surface area contributed by atoms with Gasteiger partial charge in [0.25, 0.3) is 5.91 Å². The van der Waals surface area contributed by atoms with Crippen LogP contribution >= 0.6 is 0 Å². The van der Waals surface area contributed by atoms with Crippen LogP contribution in [0.2, 0.25) is 0 Å². The summed E-state index contributed by atoms with van der Waals surface area (Å²) in [6.45, 7) is 5.09. The fraction of sp³-hybridized carbons (Fsp3) is 0.250. The van der Waals surface area contributed by atoms with Crippen molar-refractivity contribution in [2.75, 3.05) is 18.1 Å². The van der Waals surface area contributed by atoms with E-state index in [1.165, 1.54) is 23.4 Å². The molecule has 0 aliphatic carbocycles. The van der Waals surface area contributed by atoms with E-state index in [1.807, 2.05) is 43.3 Å². The molecule has 3 heterocycles. The zero-order valence-corrected chi connectivity index (χ0v) is 16.6. The molecule has 1 fully saturated rings. The molecule has 0 N–H and O–H groups in total. The van der Waals surface area contributed by atoms with Gasteiger partial charge < -0.3 is 4.57 Å². The van der Waals surface area contributed by atoms with Crippen LogP contribution < -0.4 is 5.01 Å². The maximum absolute atomic E-state index is 13.1. The summed E-state index contributed by atoms with van der Waals surface area (Å²) >= 11 is 0. The Labute approximate surface area is 170 Å². The number of fused-ring (bicyclic) bond motifs is 1. The molecule has 1 saturated heterocycles. The molecular formula is C24H24N4O. The highest BCUT2D eigenvalue weighted by Crippen LogP contribution is 2.28.